The average Bonchev–Trinajstić information content (AvgIpc) is 3.19. The van der Waals surface area contributed by atoms with Crippen molar-refractivity contribution in [1.29, 1.82) is 0 Å². The second-order valence-electron chi connectivity index (χ2n) is 8.43. The number of methoxy groups -OCH3 is 1. The number of sulfonamides is 1. The van der Waals surface area contributed by atoms with Crippen LogP contribution in [0.25, 0.3) is 11.1 Å². The molecule has 1 N–H and O–H groups in total. The van der Waals surface area contributed by atoms with Crippen LogP contribution in [-0.2, 0) is 16.7 Å². The van der Waals surface area contributed by atoms with Crippen LogP contribution in [0.2, 0.25) is 5.02 Å². The van der Waals surface area contributed by atoms with Gasteiger partial charge in [-0.25, -0.2) is 8.42 Å². The number of rotatable bonds is 7. The first-order chi connectivity index (χ1) is 17.4. The molecule has 188 valence electrons. The molecule has 1 aliphatic heterocycles. The molecule has 0 saturated carbocycles. The largest absolute Gasteiger partial charge is 0.495 e. The van der Waals surface area contributed by atoms with Crippen molar-refractivity contribution in [3.8, 4) is 5.75 Å². The zero-order valence-corrected chi connectivity index (χ0v) is 21.9. The van der Waals surface area contributed by atoms with Gasteiger partial charge in [0.15, 0.2) is 5.58 Å². The average molecular weight is 545 g/mol. The summed E-state index contributed by atoms with van der Waals surface area (Å²) in [7, 11) is -2.38. The third-order valence-electron chi connectivity index (χ3n) is 6.21. The number of piperazine rings is 1. The van der Waals surface area contributed by atoms with Gasteiger partial charge in [0.2, 0.25) is 0 Å². The Morgan fingerprint density at radius 3 is 2.50 bits per heavy atom. The number of para-hydroxylation sites is 3. The molecular weight excluding hydrogens is 520 g/mol. The molecule has 0 atom stereocenters. The normalized spacial score (nSPS) is 14.8. The van der Waals surface area contributed by atoms with Crippen LogP contribution in [0.1, 0.15) is 0 Å². The second-order valence-corrected chi connectivity index (χ2v) is 10.9. The molecule has 4 aromatic rings. The minimum Gasteiger partial charge on any atom is -0.495 e. The van der Waals surface area contributed by atoms with Crippen LogP contribution in [0, 0.1) is 4.84 Å². The number of halogens is 1. The van der Waals surface area contributed by atoms with Gasteiger partial charge in [-0.2, -0.15) is 0 Å². The number of anilines is 2. The van der Waals surface area contributed by atoms with Crippen LogP contribution < -0.4 is 14.4 Å². The summed E-state index contributed by atoms with van der Waals surface area (Å²) in [6, 6.07) is 19.4. The molecule has 0 radical (unpaired) electrons. The van der Waals surface area contributed by atoms with E-state index in [9.17, 15) is 8.42 Å². The van der Waals surface area contributed by atoms with Crippen LogP contribution in [0.5, 0.6) is 5.75 Å². The van der Waals surface area contributed by atoms with Gasteiger partial charge in [-0.15, -0.1) is 0 Å². The minimum atomic E-state index is -3.87. The lowest BCUT2D eigenvalue weighted by Gasteiger charge is -2.36. The van der Waals surface area contributed by atoms with E-state index >= 15 is 0 Å². The van der Waals surface area contributed by atoms with E-state index in [1.807, 2.05) is 28.8 Å². The monoisotopic (exact) mass is 544 g/mol. The number of nitrogens with one attached hydrogen (secondary N) is 1. The van der Waals surface area contributed by atoms with E-state index in [-0.39, 0.29) is 4.90 Å². The van der Waals surface area contributed by atoms with Crippen LogP contribution in [0.4, 0.5) is 11.4 Å². The van der Waals surface area contributed by atoms with Crippen molar-refractivity contribution in [2.75, 3.05) is 42.9 Å². The predicted molar refractivity (Wildman–Crippen MR) is 144 cm³/mol. The number of oxazole rings is 1. The van der Waals surface area contributed by atoms with Crippen molar-refractivity contribution in [2.45, 2.75) is 11.6 Å². The third-order valence-corrected chi connectivity index (χ3v) is 8.19. The molecule has 0 unspecified atom stereocenters. The standard InChI is InChI=1S/C25H25ClN4O4S2/c1-33-23-9-5-3-7-20(23)27-36(31,32)18-10-11-24-22(16-18)30(25(35)34-24)17-28-12-14-29(15-13-28)21-8-4-2-6-19(21)26/h2-11,16,27H,12-15,17H2,1H3. The van der Waals surface area contributed by atoms with E-state index in [0.717, 1.165) is 36.9 Å². The number of hydrogen-bond acceptors (Lipinski definition) is 7. The Hall–Kier alpha value is -3.05. The quantitative estimate of drug-likeness (QED) is 0.320. The molecule has 0 spiro atoms. The van der Waals surface area contributed by atoms with E-state index < -0.39 is 10.0 Å². The van der Waals surface area contributed by atoms with E-state index in [4.69, 9.17) is 33.0 Å². The first-order valence-electron chi connectivity index (χ1n) is 11.4. The maximum Gasteiger partial charge on any atom is 0.270 e. The maximum absolute atomic E-state index is 13.2. The Bertz CT molecular complexity index is 1560. The lowest BCUT2D eigenvalue weighted by Crippen LogP contribution is -2.46. The van der Waals surface area contributed by atoms with Crippen molar-refractivity contribution in [2.24, 2.45) is 0 Å². The molecule has 1 aromatic heterocycles. The summed E-state index contributed by atoms with van der Waals surface area (Å²) >= 11 is 11.8. The van der Waals surface area contributed by atoms with Crippen molar-refractivity contribution >= 4 is 56.3 Å². The summed E-state index contributed by atoms with van der Waals surface area (Å²) < 4.78 is 41.8. The topological polar surface area (TPSA) is 79.9 Å². The lowest BCUT2D eigenvalue weighted by atomic mass is 10.2. The van der Waals surface area contributed by atoms with Crippen LogP contribution in [-0.4, -0.2) is 51.2 Å². The summed E-state index contributed by atoms with van der Waals surface area (Å²) in [5, 5.41) is 0.740. The molecule has 8 nitrogen and oxygen atoms in total. The van der Waals surface area contributed by atoms with Crippen LogP contribution in [0.3, 0.4) is 0 Å². The van der Waals surface area contributed by atoms with Gasteiger partial charge >= 0.3 is 0 Å². The van der Waals surface area contributed by atoms with Crippen molar-refractivity contribution in [1.82, 2.24) is 9.47 Å². The molecule has 5 rings (SSSR count). The highest BCUT2D eigenvalue weighted by atomic mass is 35.5. The number of hydrogen-bond donors (Lipinski definition) is 1. The highest BCUT2D eigenvalue weighted by molar-refractivity contribution is 7.92. The zero-order valence-electron chi connectivity index (χ0n) is 19.6. The molecule has 0 aliphatic carbocycles. The number of nitrogens with zero attached hydrogens (tertiary/aromatic N) is 3. The number of aromatic nitrogens is 1. The van der Waals surface area contributed by atoms with Gasteiger partial charge in [0.25, 0.3) is 14.9 Å². The first-order valence-corrected chi connectivity index (χ1v) is 13.6. The van der Waals surface area contributed by atoms with Gasteiger partial charge in [-0.3, -0.25) is 14.2 Å². The second kappa shape index (κ2) is 10.1. The van der Waals surface area contributed by atoms with E-state index in [1.54, 1.807) is 36.4 Å². The predicted octanol–water partition coefficient (Wildman–Crippen LogP) is 5.21. The highest BCUT2D eigenvalue weighted by Crippen LogP contribution is 2.29. The Balaban J connectivity index is 1.36. The summed E-state index contributed by atoms with van der Waals surface area (Å²) in [4.78, 5) is 4.92. The smallest absolute Gasteiger partial charge is 0.270 e. The minimum absolute atomic E-state index is 0.106. The first kappa shape index (κ1) is 24.6. The Kier molecular flexibility index (Phi) is 6.94. The van der Waals surface area contributed by atoms with Gasteiger partial charge in [0.05, 0.1) is 40.6 Å². The van der Waals surface area contributed by atoms with Crippen molar-refractivity contribution in [3.05, 3.63) is 76.6 Å². The van der Waals surface area contributed by atoms with Gasteiger partial charge < -0.3 is 14.1 Å². The summed E-state index contributed by atoms with van der Waals surface area (Å²) in [6.45, 7) is 3.72. The van der Waals surface area contributed by atoms with Crippen molar-refractivity contribution in [3.63, 3.8) is 0 Å². The van der Waals surface area contributed by atoms with Gasteiger partial charge in [-0.05, 0) is 54.7 Å². The number of fused-ring (bicyclic) bond motifs is 1. The molecule has 1 aliphatic rings. The molecule has 36 heavy (non-hydrogen) atoms. The molecule has 0 bridgehead atoms. The van der Waals surface area contributed by atoms with Crippen molar-refractivity contribution < 1.29 is 17.6 Å². The zero-order chi connectivity index (χ0) is 25.3. The molecule has 1 fully saturated rings. The maximum atomic E-state index is 13.2. The molecule has 1 saturated heterocycles. The van der Waals surface area contributed by atoms with E-state index in [2.05, 4.69) is 14.5 Å². The molecule has 0 amide bonds. The third kappa shape index (κ3) is 4.94. The van der Waals surface area contributed by atoms with Crippen LogP contribution >= 0.6 is 23.8 Å². The van der Waals surface area contributed by atoms with Gasteiger partial charge in [0, 0.05) is 26.2 Å². The molecule has 2 heterocycles. The molecule has 11 heteroatoms. The Morgan fingerprint density at radius 2 is 1.75 bits per heavy atom. The number of ether oxygens (including phenoxy) is 1. The van der Waals surface area contributed by atoms with Gasteiger partial charge in [0.1, 0.15) is 5.75 Å². The summed E-state index contributed by atoms with van der Waals surface area (Å²) in [5.74, 6) is 0.435. The van der Waals surface area contributed by atoms with Gasteiger partial charge in [-0.1, -0.05) is 35.9 Å². The fourth-order valence-electron chi connectivity index (χ4n) is 4.31. The van der Waals surface area contributed by atoms with E-state index in [0.29, 0.717) is 34.0 Å². The van der Waals surface area contributed by atoms with E-state index in [1.165, 1.54) is 13.2 Å². The Morgan fingerprint density at radius 1 is 1.03 bits per heavy atom. The number of benzene rings is 3. The summed E-state index contributed by atoms with van der Waals surface area (Å²) in [6.07, 6.45) is 0. The van der Waals surface area contributed by atoms with Crippen LogP contribution in [0.15, 0.2) is 76.0 Å². The fourth-order valence-corrected chi connectivity index (χ4v) is 5.91. The fraction of sp³-hybridized carbons (Fsp3) is 0.240. The molecule has 3 aromatic carbocycles. The highest BCUT2D eigenvalue weighted by Gasteiger charge is 2.22. The SMILES string of the molecule is COc1ccccc1NS(=O)(=O)c1ccc2oc(=S)n(CN3CCN(c4ccccc4Cl)CC3)c2c1. The molecular formula is C25H25ClN4O4S2. The Labute approximate surface area is 219 Å². The lowest BCUT2D eigenvalue weighted by molar-refractivity contribution is 0.204. The summed E-state index contributed by atoms with van der Waals surface area (Å²) in [5.41, 5.74) is 2.55.